The highest BCUT2D eigenvalue weighted by molar-refractivity contribution is 6.30. The van der Waals surface area contributed by atoms with Gasteiger partial charge in [-0.05, 0) is 30.7 Å². The lowest BCUT2D eigenvalue weighted by Gasteiger charge is -2.13. The van der Waals surface area contributed by atoms with Crippen molar-refractivity contribution in [3.8, 4) is 17.1 Å². The molecule has 9 heteroatoms. The van der Waals surface area contributed by atoms with Crippen molar-refractivity contribution in [2.75, 3.05) is 5.73 Å². The fraction of sp³-hybridized carbons (Fsp3) is 0.0556. The second-order valence-corrected chi connectivity index (χ2v) is 6.27. The molecule has 0 saturated heterocycles. The number of aromatic nitrogens is 5. The first-order chi connectivity index (χ1) is 13.0. The SMILES string of the molecule is CC(=O)c1c(-c2ccc(Cl)cc2)c2c(N)[nH]nc2n(-c2ncccn2)c1=O. The van der Waals surface area contributed by atoms with Gasteiger partial charge >= 0.3 is 0 Å². The van der Waals surface area contributed by atoms with E-state index in [0.717, 1.165) is 0 Å². The maximum atomic E-state index is 13.2. The lowest BCUT2D eigenvalue weighted by Crippen LogP contribution is -2.27. The van der Waals surface area contributed by atoms with Crippen LogP contribution in [-0.2, 0) is 0 Å². The van der Waals surface area contributed by atoms with Crippen LogP contribution in [0, 0.1) is 0 Å². The van der Waals surface area contributed by atoms with E-state index in [2.05, 4.69) is 20.2 Å². The molecule has 134 valence electrons. The first-order valence-corrected chi connectivity index (χ1v) is 8.33. The van der Waals surface area contributed by atoms with E-state index in [9.17, 15) is 9.59 Å². The summed E-state index contributed by atoms with van der Waals surface area (Å²) in [6.07, 6.45) is 2.99. The summed E-state index contributed by atoms with van der Waals surface area (Å²) in [6.45, 7) is 1.33. The van der Waals surface area contributed by atoms with E-state index >= 15 is 0 Å². The van der Waals surface area contributed by atoms with Gasteiger partial charge in [0.1, 0.15) is 5.82 Å². The molecule has 8 nitrogen and oxygen atoms in total. The van der Waals surface area contributed by atoms with Crippen LogP contribution in [0.2, 0.25) is 5.02 Å². The van der Waals surface area contributed by atoms with Crippen LogP contribution in [0.4, 0.5) is 5.82 Å². The quantitative estimate of drug-likeness (QED) is 0.527. The van der Waals surface area contributed by atoms with Crippen molar-refractivity contribution in [1.29, 1.82) is 0 Å². The molecule has 0 saturated carbocycles. The standard InChI is InChI=1S/C18H13ClN6O2/c1-9(26)12-13(10-3-5-11(19)6-4-10)14-15(20)23-24-16(14)25(17(12)27)18-21-7-2-8-22-18/h2-8H,1H3,(H3,20,23,24). The minimum Gasteiger partial charge on any atom is -0.383 e. The maximum absolute atomic E-state index is 13.2. The number of fused-ring (bicyclic) bond motifs is 1. The monoisotopic (exact) mass is 380 g/mol. The third-order valence-electron chi connectivity index (χ3n) is 4.14. The summed E-state index contributed by atoms with van der Waals surface area (Å²) in [5.41, 5.74) is 6.77. The Bertz CT molecular complexity index is 1230. The number of halogens is 1. The van der Waals surface area contributed by atoms with E-state index in [1.165, 1.54) is 23.9 Å². The zero-order chi connectivity index (χ0) is 19.1. The molecule has 3 heterocycles. The van der Waals surface area contributed by atoms with E-state index < -0.39 is 11.3 Å². The number of nitrogens with two attached hydrogens (primary N) is 1. The van der Waals surface area contributed by atoms with Crippen LogP contribution in [-0.4, -0.2) is 30.5 Å². The van der Waals surface area contributed by atoms with Gasteiger partial charge in [0.05, 0.1) is 10.9 Å². The molecule has 0 aliphatic heterocycles. The maximum Gasteiger partial charge on any atom is 0.270 e. The molecule has 0 amide bonds. The molecule has 0 fully saturated rings. The highest BCUT2D eigenvalue weighted by Gasteiger charge is 2.25. The number of H-pyrrole nitrogens is 1. The largest absolute Gasteiger partial charge is 0.383 e. The number of nitrogens with zero attached hydrogens (tertiary/aromatic N) is 4. The average molecular weight is 381 g/mol. The molecule has 27 heavy (non-hydrogen) atoms. The highest BCUT2D eigenvalue weighted by atomic mass is 35.5. The van der Waals surface area contributed by atoms with Gasteiger partial charge in [-0.1, -0.05) is 23.7 Å². The Morgan fingerprint density at radius 2 is 1.85 bits per heavy atom. The summed E-state index contributed by atoms with van der Waals surface area (Å²) in [5.74, 6) is -0.0802. The molecule has 0 aliphatic carbocycles. The number of pyridine rings is 1. The van der Waals surface area contributed by atoms with Crippen LogP contribution in [0.1, 0.15) is 17.3 Å². The summed E-state index contributed by atoms with van der Waals surface area (Å²) in [6, 6.07) is 8.42. The van der Waals surface area contributed by atoms with Crippen molar-refractivity contribution in [1.82, 2.24) is 24.7 Å². The fourth-order valence-electron chi connectivity index (χ4n) is 3.02. The minimum atomic E-state index is -0.572. The molecule has 3 N–H and O–H groups in total. The van der Waals surface area contributed by atoms with E-state index in [0.29, 0.717) is 21.5 Å². The van der Waals surface area contributed by atoms with Crippen LogP contribution < -0.4 is 11.3 Å². The van der Waals surface area contributed by atoms with Crippen LogP contribution in [0.15, 0.2) is 47.5 Å². The number of aromatic amines is 1. The number of hydrogen-bond donors (Lipinski definition) is 2. The molecule has 4 rings (SSSR count). The first kappa shape index (κ1) is 16.9. The van der Waals surface area contributed by atoms with Crippen molar-refractivity contribution in [3.63, 3.8) is 0 Å². The van der Waals surface area contributed by atoms with E-state index in [4.69, 9.17) is 17.3 Å². The normalized spacial score (nSPS) is 11.0. The smallest absolute Gasteiger partial charge is 0.270 e. The summed E-state index contributed by atoms with van der Waals surface area (Å²) >= 11 is 5.97. The van der Waals surface area contributed by atoms with Gasteiger partial charge in [-0.15, -0.1) is 0 Å². The van der Waals surface area contributed by atoms with Gasteiger partial charge in [0, 0.05) is 23.0 Å². The third kappa shape index (κ3) is 2.67. The topological polar surface area (TPSA) is 120 Å². The summed E-state index contributed by atoms with van der Waals surface area (Å²) < 4.78 is 1.18. The van der Waals surface area contributed by atoms with Gasteiger partial charge in [-0.25, -0.2) is 14.5 Å². The molecule has 0 atom stereocenters. The van der Waals surface area contributed by atoms with Gasteiger partial charge < -0.3 is 5.73 Å². The summed E-state index contributed by atoms with van der Waals surface area (Å²) in [4.78, 5) is 33.9. The van der Waals surface area contributed by atoms with Crippen LogP contribution in [0.3, 0.4) is 0 Å². The fourth-order valence-corrected chi connectivity index (χ4v) is 3.14. The second-order valence-electron chi connectivity index (χ2n) is 5.84. The lowest BCUT2D eigenvalue weighted by atomic mass is 9.95. The molecular formula is C18H13ClN6O2. The Hall–Kier alpha value is -3.52. The predicted molar refractivity (Wildman–Crippen MR) is 102 cm³/mol. The van der Waals surface area contributed by atoms with Crippen molar-refractivity contribution in [3.05, 3.63) is 63.7 Å². The number of rotatable bonds is 3. The molecule has 1 aromatic carbocycles. The minimum absolute atomic E-state index is 0.0228. The molecule has 0 unspecified atom stereocenters. The van der Waals surface area contributed by atoms with Crippen LogP contribution in [0.5, 0.6) is 0 Å². The van der Waals surface area contributed by atoms with Crippen molar-refractivity contribution in [2.45, 2.75) is 6.92 Å². The predicted octanol–water partition coefficient (Wildman–Crippen LogP) is 2.61. The molecule has 0 bridgehead atoms. The van der Waals surface area contributed by atoms with Gasteiger partial charge in [0.25, 0.3) is 5.56 Å². The van der Waals surface area contributed by atoms with Crippen molar-refractivity contribution >= 4 is 34.2 Å². The summed E-state index contributed by atoms with van der Waals surface area (Å²) in [7, 11) is 0. The molecule has 0 spiro atoms. The summed E-state index contributed by atoms with van der Waals surface area (Å²) in [5, 5.41) is 7.80. The molecule has 0 radical (unpaired) electrons. The third-order valence-corrected chi connectivity index (χ3v) is 4.39. The Morgan fingerprint density at radius 1 is 1.19 bits per heavy atom. The second kappa shape index (κ2) is 6.33. The van der Waals surface area contributed by atoms with Crippen LogP contribution in [0.25, 0.3) is 28.1 Å². The van der Waals surface area contributed by atoms with Crippen molar-refractivity contribution < 1.29 is 4.79 Å². The Balaban J connectivity index is 2.21. The number of anilines is 1. The molecule has 4 aromatic rings. The lowest BCUT2D eigenvalue weighted by molar-refractivity contribution is 0.101. The van der Waals surface area contributed by atoms with Gasteiger partial charge in [-0.2, -0.15) is 5.10 Å². The number of ketones is 1. The average Bonchev–Trinajstić information content (AvgIpc) is 3.03. The van der Waals surface area contributed by atoms with Crippen molar-refractivity contribution in [2.24, 2.45) is 0 Å². The van der Waals surface area contributed by atoms with E-state index in [1.54, 1.807) is 30.3 Å². The molecular weight excluding hydrogens is 368 g/mol. The first-order valence-electron chi connectivity index (χ1n) is 7.96. The number of carbonyl (C=O) groups excluding carboxylic acids is 1. The Kier molecular flexibility index (Phi) is 3.97. The zero-order valence-electron chi connectivity index (χ0n) is 14.1. The number of benzene rings is 1. The Labute approximate surface area is 157 Å². The number of nitrogen functional groups attached to an aromatic ring is 1. The van der Waals surface area contributed by atoms with Gasteiger partial charge in [0.2, 0.25) is 5.95 Å². The number of nitrogens with one attached hydrogen (secondary N) is 1. The Morgan fingerprint density at radius 3 is 2.48 bits per heavy atom. The molecule has 0 aliphatic rings. The number of hydrogen-bond acceptors (Lipinski definition) is 6. The van der Waals surface area contributed by atoms with Crippen LogP contribution >= 0.6 is 11.6 Å². The number of Topliss-reactive ketones (excluding diaryl/α,β-unsaturated/α-hetero) is 1. The van der Waals surface area contributed by atoms with Gasteiger partial charge in [0.15, 0.2) is 11.4 Å². The zero-order valence-corrected chi connectivity index (χ0v) is 14.9. The highest BCUT2D eigenvalue weighted by Crippen LogP contribution is 2.34. The van der Waals surface area contributed by atoms with E-state index in [1.807, 2.05) is 0 Å². The molecule has 3 aromatic heterocycles. The number of carbonyl (C=O) groups is 1. The van der Waals surface area contributed by atoms with Gasteiger partial charge in [-0.3, -0.25) is 14.7 Å². The van der Waals surface area contributed by atoms with E-state index in [-0.39, 0.29) is 23.0 Å².